The first-order valence-corrected chi connectivity index (χ1v) is 5.45. The number of hydrogen-bond donors (Lipinski definition) is 0. The summed E-state index contributed by atoms with van der Waals surface area (Å²) in [4.78, 5) is 3.84. The number of fused-ring (bicyclic) bond motifs is 1. The van der Waals surface area contributed by atoms with Gasteiger partial charge in [-0.05, 0) is 18.2 Å². The zero-order valence-corrected chi connectivity index (χ0v) is 10.2. The van der Waals surface area contributed by atoms with Gasteiger partial charge in [-0.25, -0.2) is 4.98 Å². The molecule has 1 nitrogen and oxygen atoms in total. The molecule has 0 fully saturated rings. The molecule has 7 heteroatoms. The third kappa shape index (κ3) is 2.30. The molecule has 2 rings (SSSR count). The van der Waals surface area contributed by atoms with Crippen molar-refractivity contribution in [2.24, 2.45) is 0 Å². The van der Waals surface area contributed by atoms with Crippen molar-refractivity contribution >= 4 is 45.7 Å². The molecular weight excluding hydrogens is 297 g/mol. The Bertz CT molecular complexity index is 595. The van der Waals surface area contributed by atoms with Crippen molar-refractivity contribution in [3.63, 3.8) is 0 Å². The molecule has 1 aromatic heterocycles. The smallest absolute Gasteiger partial charge is 0.234 e. The zero-order valence-electron chi connectivity index (χ0n) is 7.95. The maximum Gasteiger partial charge on any atom is 0.416 e. The summed E-state index contributed by atoms with van der Waals surface area (Å²) in [6.07, 6.45) is -4.44. The molecular formula is C10H3Cl3F3N. The molecule has 1 heterocycles. The third-order valence-corrected chi connectivity index (χ3v) is 3.38. The quantitative estimate of drug-likeness (QED) is 0.608. The molecule has 0 saturated heterocycles. The van der Waals surface area contributed by atoms with Gasteiger partial charge in [0.15, 0.2) is 0 Å². The monoisotopic (exact) mass is 299 g/mol. The molecule has 1 aromatic carbocycles. The molecule has 0 radical (unpaired) electrons. The molecule has 0 bridgehead atoms. The van der Waals surface area contributed by atoms with Crippen LogP contribution in [0.4, 0.5) is 13.2 Å². The number of halogens is 6. The van der Waals surface area contributed by atoms with E-state index in [4.69, 9.17) is 34.8 Å². The number of hydrogen-bond acceptors (Lipinski definition) is 1. The lowest BCUT2D eigenvalue weighted by Crippen LogP contribution is -2.04. The van der Waals surface area contributed by atoms with Gasteiger partial charge in [0, 0.05) is 5.39 Å². The SMILES string of the molecule is FC(F)(F)c1ccc2nc(Cl)c(Cl)c(Cl)c2c1. The van der Waals surface area contributed by atoms with Gasteiger partial charge in [0.1, 0.15) is 5.15 Å². The predicted octanol–water partition coefficient (Wildman–Crippen LogP) is 5.21. The number of rotatable bonds is 0. The molecule has 0 atom stereocenters. The summed E-state index contributed by atoms with van der Waals surface area (Å²) in [7, 11) is 0. The summed E-state index contributed by atoms with van der Waals surface area (Å²) in [5, 5.41) is -0.00672. The van der Waals surface area contributed by atoms with E-state index in [1.54, 1.807) is 0 Å². The normalized spacial score (nSPS) is 12.1. The Balaban J connectivity index is 2.78. The summed E-state index contributed by atoms with van der Waals surface area (Å²) in [5.74, 6) is 0. The highest BCUT2D eigenvalue weighted by Gasteiger charge is 2.30. The van der Waals surface area contributed by atoms with E-state index >= 15 is 0 Å². The molecule has 0 spiro atoms. The molecule has 0 aliphatic rings. The molecule has 0 N–H and O–H groups in total. The third-order valence-electron chi connectivity index (χ3n) is 2.15. The van der Waals surface area contributed by atoms with E-state index in [9.17, 15) is 13.2 Å². The van der Waals surface area contributed by atoms with Crippen LogP contribution >= 0.6 is 34.8 Å². The minimum atomic E-state index is -4.44. The second kappa shape index (κ2) is 4.19. The van der Waals surface area contributed by atoms with Crippen molar-refractivity contribution in [3.8, 4) is 0 Å². The molecule has 0 aliphatic heterocycles. The van der Waals surface area contributed by atoms with E-state index < -0.39 is 11.7 Å². The van der Waals surface area contributed by atoms with Gasteiger partial charge in [0.2, 0.25) is 0 Å². The fraction of sp³-hybridized carbons (Fsp3) is 0.100. The lowest BCUT2D eigenvalue weighted by molar-refractivity contribution is -0.137. The number of pyridine rings is 1. The van der Waals surface area contributed by atoms with Crippen LogP contribution < -0.4 is 0 Å². The van der Waals surface area contributed by atoms with Crippen LogP contribution in [0.5, 0.6) is 0 Å². The van der Waals surface area contributed by atoms with Crippen molar-refractivity contribution in [2.75, 3.05) is 0 Å². The van der Waals surface area contributed by atoms with Gasteiger partial charge in [0.25, 0.3) is 0 Å². The largest absolute Gasteiger partial charge is 0.416 e. The Labute approximate surface area is 109 Å². The van der Waals surface area contributed by atoms with Gasteiger partial charge >= 0.3 is 6.18 Å². The highest BCUT2D eigenvalue weighted by Crippen LogP contribution is 2.37. The van der Waals surface area contributed by atoms with Crippen LogP contribution in [0.15, 0.2) is 18.2 Å². The minimum Gasteiger partial charge on any atom is -0.234 e. The molecule has 0 unspecified atom stereocenters. The maximum absolute atomic E-state index is 12.5. The van der Waals surface area contributed by atoms with E-state index in [1.165, 1.54) is 6.07 Å². The number of alkyl halides is 3. The van der Waals surface area contributed by atoms with Crippen LogP contribution in [-0.2, 0) is 6.18 Å². The van der Waals surface area contributed by atoms with Crippen molar-refractivity contribution in [2.45, 2.75) is 6.18 Å². The Morgan fingerprint density at radius 1 is 1.00 bits per heavy atom. The van der Waals surface area contributed by atoms with Crippen molar-refractivity contribution in [1.82, 2.24) is 4.98 Å². The first-order chi connectivity index (χ1) is 7.80. The van der Waals surface area contributed by atoms with Crippen LogP contribution in [0, 0.1) is 0 Å². The number of nitrogens with zero attached hydrogens (tertiary/aromatic N) is 1. The summed E-state index contributed by atoms with van der Waals surface area (Å²) in [6.45, 7) is 0. The first kappa shape index (κ1) is 12.7. The molecule has 90 valence electrons. The standard InChI is InChI=1S/C10H3Cl3F3N/c11-7-5-3-4(10(14,15)16)1-2-6(5)17-9(13)8(7)12/h1-3H. The van der Waals surface area contributed by atoms with Gasteiger partial charge in [-0.2, -0.15) is 13.2 Å². The van der Waals surface area contributed by atoms with Gasteiger partial charge in [-0.15, -0.1) is 0 Å². The van der Waals surface area contributed by atoms with Crippen LogP contribution in [-0.4, -0.2) is 4.98 Å². The van der Waals surface area contributed by atoms with Gasteiger partial charge in [-0.1, -0.05) is 34.8 Å². The topological polar surface area (TPSA) is 12.9 Å². The second-order valence-electron chi connectivity index (χ2n) is 3.26. The van der Waals surface area contributed by atoms with E-state index in [0.717, 1.165) is 12.1 Å². The van der Waals surface area contributed by atoms with E-state index in [1.807, 2.05) is 0 Å². The minimum absolute atomic E-state index is 0.0345. The first-order valence-electron chi connectivity index (χ1n) is 4.32. The van der Waals surface area contributed by atoms with Crippen molar-refractivity contribution in [1.29, 1.82) is 0 Å². The lowest BCUT2D eigenvalue weighted by Gasteiger charge is -2.09. The van der Waals surface area contributed by atoms with E-state index in [-0.39, 0.29) is 26.1 Å². The average molecular weight is 300 g/mol. The fourth-order valence-electron chi connectivity index (χ4n) is 1.35. The van der Waals surface area contributed by atoms with Gasteiger partial charge in [-0.3, -0.25) is 0 Å². The van der Waals surface area contributed by atoms with Crippen LogP contribution in [0.25, 0.3) is 10.9 Å². The Kier molecular flexibility index (Phi) is 3.14. The summed E-state index contributed by atoms with van der Waals surface area (Å²) in [5.41, 5.74) is -0.551. The molecule has 0 amide bonds. The lowest BCUT2D eigenvalue weighted by atomic mass is 10.1. The molecule has 17 heavy (non-hydrogen) atoms. The average Bonchev–Trinajstić information content (AvgIpc) is 2.24. The maximum atomic E-state index is 12.5. The zero-order chi connectivity index (χ0) is 12.8. The van der Waals surface area contributed by atoms with Crippen LogP contribution in [0.3, 0.4) is 0 Å². The van der Waals surface area contributed by atoms with Crippen molar-refractivity contribution in [3.05, 3.63) is 39.0 Å². The van der Waals surface area contributed by atoms with Crippen LogP contribution in [0.1, 0.15) is 5.56 Å². The summed E-state index contributed by atoms with van der Waals surface area (Å²) in [6, 6.07) is 3.01. The predicted molar refractivity (Wildman–Crippen MR) is 61.8 cm³/mol. The highest BCUT2D eigenvalue weighted by molar-refractivity contribution is 6.49. The Morgan fingerprint density at radius 3 is 2.24 bits per heavy atom. The Hall–Kier alpha value is -0.710. The van der Waals surface area contributed by atoms with Gasteiger partial charge < -0.3 is 0 Å². The molecule has 2 aromatic rings. The summed E-state index contributed by atoms with van der Waals surface area (Å²) < 4.78 is 37.5. The highest BCUT2D eigenvalue weighted by atomic mass is 35.5. The summed E-state index contributed by atoms with van der Waals surface area (Å²) >= 11 is 17.2. The van der Waals surface area contributed by atoms with E-state index in [2.05, 4.69) is 4.98 Å². The van der Waals surface area contributed by atoms with Gasteiger partial charge in [0.05, 0.1) is 21.1 Å². The number of aromatic nitrogens is 1. The molecule has 0 saturated carbocycles. The van der Waals surface area contributed by atoms with Crippen LogP contribution in [0.2, 0.25) is 15.2 Å². The Morgan fingerprint density at radius 2 is 1.65 bits per heavy atom. The van der Waals surface area contributed by atoms with Crippen molar-refractivity contribution < 1.29 is 13.2 Å². The number of benzene rings is 1. The second-order valence-corrected chi connectivity index (χ2v) is 4.37. The van der Waals surface area contributed by atoms with E-state index in [0.29, 0.717) is 0 Å². The molecule has 0 aliphatic carbocycles. The fourth-order valence-corrected chi connectivity index (χ4v) is 1.97.